The molecule has 0 saturated heterocycles. The van der Waals surface area contributed by atoms with Gasteiger partial charge in [0.1, 0.15) is 0 Å². The average molecular weight is 240 g/mol. The summed E-state index contributed by atoms with van der Waals surface area (Å²) >= 11 is 0. The van der Waals surface area contributed by atoms with E-state index in [2.05, 4.69) is 61.4 Å². The molecule has 1 unspecified atom stereocenters. The van der Waals surface area contributed by atoms with E-state index >= 15 is 0 Å². The summed E-state index contributed by atoms with van der Waals surface area (Å²) in [5.41, 5.74) is 5.24. The molecule has 0 saturated carbocycles. The van der Waals surface area contributed by atoms with Crippen LogP contribution in [0.5, 0.6) is 0 Å². The molecule has 0 aliphatic rings. The molecule has 2 nitrogen and oxygen atoms in total. The second-order valence-electron chi connectivity index (χ2n) is 4.76. The molecule has 18 heavy (non-hydrogen) atoms. The van der Waals surface area contributed by atoms with Gasteiger partial charge in [0.2, 0.25) is 0 Å². The molecule has 2 rings (SSSR count). The first-order valence-electron chi connectivity index (χ1n) is 6.37. The minimum Gasteiger partial charge on any atom is -0.306 e. The summed E-state index contributed by atoms with van der Waals surface area (Å²) < 4.78 is 0. The van der Waals surface area contributed by atoms with Gasteiger partial charge in [0.25, 0.3) is 0 Å². The van der Waals surface area contributed by atoms with Crippen molar-refractivity contribution in [1.29, 1.82) is 0 Å². The van der Waals surface area contributed by atoms with Crippen molar-refractivity contribution in [2.24, 2.45) is 0 Å². The van der Waals surface area contributed by atoms with E-state index in [1.807, 2.05) is 12.4 Å². The largest absolute Gasteiger partial charge is 0.306 e. The highest BCUT2D eigenvalue weighted by atomic mass is 14.9. The van der Waals surface area contributed by atoms with E-state index in [9.17, 15) is 0 Å². The first kappa shape index (κ1) is 12.8. The van der Waals surface area contributed by atoms with Gasteiger partial charge in [-0.2, -0.15) is 0 Å². The number of nitrogens with zero attached hydrogens (tertiary/aromatic N) is 1. The normalized spacial score (nSPS) is 12.4. The number of hydrogen-bond acceptors (Lipinski definition) is 2. The van der Waals surface area contributed by atoms with Crippen LogP contribution in [0.3, 0.4) is 0 Å². The molecule has 1 aromatic carbocycles. The lowest BCUT2D eigenvalue weighted by Gasteiger charge is -2.17. The summed E-state index contributed by atoms with van der Waals surface area (Å²) in [5, 5.41) is 3.56. The molecule has 2 heteroatoms. The Morgan fingerprint density at radius 1 is 1.11 bits per heavy atom. The average Bonchev–Trinajstić information content (AvgIpc) is 2.38. The van der Waals surface area contributed by atoms with Crippen LogP contribution < -0.4 is 5.32 Å². The zero-order valence-electron chi connectivity index (χ0n) is 11.3. The van der Waals surface area contributed by atoms with E-state index in [4.69, 9.17) is 0 Å². The van der Waals surface area contributed by atoms with Gasteiger partial charge in [0.05, 0.1) is 0 Å². The molecular weight excluding hydrogens is 220 g/mol. The lowest BCUT2D eigenvalue weighted by atomic mass is 10.0. The van der Waals surface area contributed by atoms with Gasteiger partial charge in [0.15, 0.2) is 0 Å². The standard InChI is InChI=1S/C16H20N2/c1-12-8-9-17-10-15(12)11-18-14(3)16-7-5-4-6-13(16)2/h4-10,14,18H,11H2,1-3H3. The Morgan fingerprint density at radius 2 is 1.89 bits per heavy atom. The number of aryl methyl sites for hydroxylation is 2. The monoisotopic (exact) mass is 240 g/mol. The van der Waals surface area contributed by atoms with Crippen molar-refractivity contribution in [1.82, 2.24) is 10.3 Å². The fourth-order valence-corrected chi connectivity index (χ4v) is 2.13. The van der Waals surface area contributed by atoms with Crippen LogP contribution in [0, 0.1) is 13.8 Å². The second-order valence-corrected chi connectivity index (χ2v) is 4.76. The van der Waals surface area contributed by atoms with Crippen molar-refractivity contribution in [3.8, 4) is 0 Å². The fourth-order valence-electron chi connectivity index (χ4n) is 2.13. The van der Waals surface area contributed by atoms with E-state index < -0.39 is 0 Å². The minimum absolute atomic E-state index is 0.353. The minimum atomic E-state index is 0.353. The summed E-state index contributed by atoms with van der Waals surface area (Å²) in [7, 11) is 0. The number of aromatic nitrogens is 1. The molecule has 1 heterocycles. The summed E-state index contributed by atoms with van der Waals surface area (Å²) in [5.74, 6) is 0. The smallest absolute Gasteiger partial charge is 0.0315 e. The maximum absolute atomic E-state index is 4.17. The Hall–Kier alpha value is -1.67. The third-order valence-electron chi connectivity index (χ3n) is 3.40. The Morgan fingerprint density at radius 3 is 2.61 bits per heavy atom. The summed E-state index contributed by atoms with van der Waals surface area (Å²) in [6, 6.07) is 10.9. The van der Waals surface area contributed by atoms with Crippen LogP contribution in [0.1, 0.15) is 35.2 Å². The first-order valence-corrected chi connectivity index (χ1v) is 6.37. The highest BCUT2D eigenvalue weighted by molar-refractivity contribution is 5.28. The van der Waals surface area contributed by atoms with Crippen molar-refractivity contribution in [2.45, 2.75) is 33.4 Å². The van der Waals surface area contributed by atoms with E-state index in [0.717, 1.165) is 6.54 Å². The molecule has 1 aromatic heterocycles. The number of hydrogen-bond donors (Lipinski definition) is 1. The number of rotatable bonds is 4. The molecule has 1 atom stereocenters. The van der Waals surface area contributed by atoms with Gasteiger partial charge in [-0.05, 0) is 49.1 Å². The van der Waals surface area contributed by atoms with Gasteiger partial charge in [-0.25, -0.2) is 0 Å². The van der Waals surface area contributed by atoms with Crippen LogP contribution in [0.2, 0.25) is 0 Å². The third-order valence-corrected chi connectivity index (χ3v) is 3.40. The molecule has 0 spiro atoms. The second kappa shape index (κ2) is 5.78. The molecular formula is C16H20N2. The molecule has 0 radical (unpaired) electrons. The Kier molecular flexibility index (Phi) is 4.11. The zero-order chi connectivity index (χ0) is 13.0. The zero-order valence-corrected chi connectivity index (χ0v) is 11.3. The van der Waals surface area contributed by atoms with Crippen LogP contribution >= 0.6 is 0 Å². The van der Waals surface area contributed by atoms with Gasteiger partial charge < -0.3 is 5.32 Å². The number of pyridine rings is 1. The Balaban J connectivity index is 2.03. The molecule has 0 bridgehead atoms. The van der Waals surface area contributed by atoms with Gasteiger partial charge in [-0.1, -0.05) is 24.3 Å². The van der Waals surface area contributed by atoms with Gasteiger partial charge >= 0.3 is 0 Å². The van der Waals surface area contributed by atoms with Crippen molar-refractivity contribution in [2.75, 3.05) is 0 Å². The lowest BCUT2D eigenvalue weighted by Crippen LogP contribution is -2.19. The number of nitrogens with one attached hydrogen (secondary N) is 1. The molecule has 0 amide bonds. The molecule has 94 valence electrons. The quantitative estimate of drug-likeness (QED) is 0.884. The maximum Gasteiger partial charge on any atom is 0.0315 e. The van der Waals surface area contributed by atoms with Crippen LogP contribution in [0.4, 0.5) is 0 Å². The maximum atomic E-state index is 4.17. The fraction of sp³-hybridized carbons (Fsp3) is 0.312. The van der Waals surface area contributed by atoms with E-state index in [0.29, 0.717) is 6.04 Å². The summed E-state index contributed by atoms with van der Waals surface area (Å²) in [6.07, 6.45) is 3.77. The van der Waals surface area contributed by atoms with Crippen molar-refractivity contribution in [3.63, 3.8) is 0 Å². The van der Waals surface area contributed by atoms with Crippen molar-refractivity contribution >= 4 is 0 Å². The van der Waals surface area contributed by atoms with E-state index in [1.165, 1.54) is 22.3 Å². The van der Waals surface area contributed by atoms with Crippen molar-refractivity contribution in [3.05, 3.63) is 65.0 Å². The highest BCUT2D eigenvalue weighted by Gasteiger charge is 2.07. The Bertz CT molecular complexity index is 520. The topological polar surface area (TPSA) is 24.9 Å². The highest BCUT2D eigenvalue weighted by Crippen LogP contribution is 2.17. The van der Waals surface area contributed by atoms with Gasteiger partial charge in [-0.15, -0.1) is 0 Å². The van der Waals surface area contributed by atoms with E-state index in [1.54, 1.807) is 0 Å². The first-order chi connectivity index (χ1) is 8.68. The third kappa shape index (κ3) is 2.96. The van der Waals surface area contributed by atoms with Gasteiger partial charge in [0, 0.05) is 25.0 Å². The molecule has 0 aliphatic heterocycles. The van der Waals surface area contributed by atoms with Crippen LogP contribution in [0.15, 0.2) is 42.7 Å². The van der Waals surface area contributed by atoms with Crippen molar-refractivity contribution < 1.29 is 0 Å². The summed E-state index contributed by atoms with van der Waals surface area (Å²) in [6.45, 7) is 7.34. The van der Waals surface area contributed by atoms with Crippen LogP contribution in [-0.2, 0) is 6.54 Å². The molecule has 2 aromatic rings. The predicted molar refractivity (Wildman–Crippen MR) is 75.4 cm³/mol. The molecule has 0 aliphatic carbocycles. The lowest BCUT2D eigenvalue weighted by molar-refractivity contribution is 0.570. The predicted octanol–water partition coefficient (Wildman–Crippen LogP) is 3.55. The van der Waals surface area contributed by atoms with E-state index in [-0.39, 0.29) is 0 Å². The molecule has 1 N–H and O–H groups in total. The van der Waals surface area contributed by atoms with Crippen LogP contribution in [-0.4, -0.2) is 4.98 Å². The van der Waals surface area contributed by atoms with Gasteiger partial charge in [-0.3, -0.25) is 4.98 Å². The molecule has 0 fully saturated rings. The Labute approximate surface area is 109 Å². The van der Waals surface area contributed by atoms with Crippen LogP contribution in [0.25, 0.3) is 0 Å². The number of benzene rings is 1. The SMILES string of the molecule is Cc1ccncc1CNC(C)c1ccccc1C. The summed E-state index contributed by atoms with van der Waals surface area (Å²) in [4.78, 5) is 4.17.